The van der Waals surface area contributed by atoms with Crippen LogP contribution in [-0.2, 0) is 16.1 Å². The van der Waals surface area contributed by atoms with Crippen LogP contribution in [0, 0.1) is 0 Å². The monoisotopic (exact) mass is 498 g/mol. The number of thioether (sulfide) groups is 1. The first-order chi connectivity index (χ1) is 17.1. The molecular weight excluding hydrogens is 468 g/mol. The molecule has 0 bridgehead atoms. The molecule has 0 radical (unpaired) electrons. The van der Waals surface area contributed by atoms with E-state index in [1.807, 2.05) is 24.5 Å². The normalized spacial score (nSPS) is 15.2. The average molecular weight is 499 g/mol. The zero-order valence-corrected chi connectivity index (χ0v) is 20.7. The molecule has 0 aliphatic carbocycles. The summed E-state index contributed by atoms with van der Waals surface area (Å²) in [5, 5.41) is 21.9. The molecule has 2 heterocycles. The summed E-state index contributed by atoms with van der Waals surface area (Å²) in [4.78, 5) is 12.8. The molecule has 1 amide bonds. The molecule has 1 atom stereocenters. The third kappa shape index (κ3) is 6.46. The molecule has 1 aliphatic heterocycles. The fraction of sp³-hybridized carbons (Fsp3) is 0.400. The van der Waals surface area contributed by atoms with Crippen molar-refractivity contribution < 1.29 is 24.1 Å². The Morgan fingerprint density at radius 3 is 2.69 bits per heavy atom. The van der Waals surface area contributed by atoms with Crippen LogP contribution >= 0.6 is 11.8 Å². The zero-order chi connectivity index (χ0) is 24.6. The maximum absolute atomic E-state index is 12.8. The van der Waals surface area contributed by atoms with E-state index >= 15 is 0 Å². The molecule has 10 heteroatoms. The lowest BCUT2D eigenvalue weighted by atomic mass is 10.2. The number of phenols is 1. The van der Waals surface area contributed by atoms with Crippen molar-refractivity contribution in [1.82, 2.24) is 14.8 Å². The lowest BCUT2D eigenvalue weighted by molar-refractivity contribution is -0.113. The molecule has 4 rings (SSSR count). The summed E-state index contributed by atoms with van der Waals surface area (Å²) in [6.07, 6.45) is 2.06. The third-order valence-electron chi connectivity index (χ3n) is 5.42. The summed E-state index contributed by atoms with van der Waals surface area (Å²) in [6.45, 7) is 6.15. The van der Waals surface area contributed by atoms with Gasteiger partial charge < -0.3 is 24.6 Å². The molecule has 2 aromatic carbocycles. The Morgan fingerprint density at radius 2 is 1.97 bits per heavy atom. The van der Waals surface area contributed by atoms with Crippen molar-refractivity contribution in [2.45, 2.75) is 44.5 Å². The number of aromatic nitrogens is 3. The van der Waals surface area contributed by atoms with Crippen molar-refractivity contribution in [3.8, 4) is 28.6 Å². The molecule has 0 saturated carbocycles. The number of hydrogen-bond acceptors (Lipinski definition) is 8. The average Bonchev–Trinajstić information content (AvgIpc) is 3.51. The first kappa shape index (κ1) is 24.9. The molecule has 1 saturated heterocycles. The van der Waals surface area contributed by atoms with Crippen LogP contribution in [0.15, 0.2) is 47.6 Å². The van der Waals surface area contributed by atoms with Gasteiger partial charge in [-0.2, -0.15) is 0 Å². The quantitative estimate of drug-likeness (QED) is 0.376. The van der Waals surface area contributed by atoms with E-state index in [9.17, 15) is 9.90 Å². The van der Waals surface area contributed by atoms with E-state index in [2.05, 4.69) is 15.5 Å². The van der Waals surface area contributed by atoms with Crippen molar-refractivity contribution in [2.75, 3.05) is 30.9 Å². The molecule has 1 aromatic heterocycles. The third-order valence-corrected chi connectivity index (χ3v) is 6.39. The SMILES string of the molecule is CCOc1ccc(OCC)c(NC(=O)CSc2nnc(-c3ccc(O)cc3)n2C[C@@H]2CCCO2)c1. The van der Waals surface area contributed by atoms with Crippen molar-refractivity contribution in [3.05, 3.63) is 42.5 Å². The van der Waals surface area contributed by atoms with Crippen LogP contribution in [0.3, 0.4) is 0 Å². The molecule has 3 aromatic rings. The smallest absolute Gasteiger partial charge is 0.234 e. The molecule has 2 N–H and O–H groups in total. The van der Waals surface area contributed by atoms with Gasteiger partial charge in [-0.1, -0.05) is 11.8 Å². The Hall–Kier alpha value is -3.24. The van der Waals surface area contributed by atoms with E-state index < -0.39 is 0 Å². The molecule has 0 spiro atoms. The maximum Gasteiger partial charge on any atom is 0.234 e. The van der Waals surface area contributed by atoms with E-state index in [1.54, 1.807) is 36.4 Å². The minimum Gasteiger partial charge on any atom is -0.508 e. The predicted molar refractivity (Wildman–Crippen MR) is 134 cm³/mol. The number of nitrogens with zero attached hydrogens (tertiary/aromatic N) is 3. The summed E-state index contributed by atoms with van der Waals surface area (Å²) in [5.41, 5.74) is 1.40. The van der Waals surface area contributed by atoms with Gasteiger partial charge in [-0.15, -0.1) is 10.2 Å². The van der Waals surface area contributed by atoms with Gasteiger partial charge in [0.05, 0.1) is 37.3 Å². The van der Waals surface area contributed by atoms with Crippen LogP contribution in [0.2, 0.25) is 0 Å². The Kier molecular flexibility index (Phi) is 8.49. The number of hydrogen-bond donors (Lipinski definition) is 2. The Bertz CT molecular complexity index is 1130. The standard InChI is InChI=1S/C25H30N4O5S/c1-3-32-19-11-12-22(33-4-2)21(14-19)26-23(31)16-35-25-28-27-24(17-7-9-18(30)10-8-17)29(25)15-20-6-5-13-34-20/h7-12,14,20,30H,3-6,13,15-16H2,1-2H3,(H,26,31)/t20-/m0/s1. The van der Waals surface area contributed by atoms with Crippen LogP contribution in [0.4, 0.5) is 5.69 Å². The summed E-state index contributed by atoms with van der Waals surface area (Å²) >= 11 is 1.31. The van der Waals surface area contributed by atoms with Gasteiger partial charge >= 0.3 is 0 Å². The number of phenolic OH excluding ortho intramolecular Hbond substituents is 1. The first-order valence-corrected chi connectivity index (χ1v) is 12.7. The van der Waals surface area contributed by atoms with E-state index in [4.69, 9.17) is 14.2 Å². The largest absolute Gasteiger partial charge is 0.508 e. The van der Waals surface area contributed by atoms with Gasteiger partial charge in [0.15, 0.2) is 11.0 Å². The van der Waals surface area contributed by atoms with Crippen molar-refractivity contribution in [1.29, 1.82) is 0 Å². The molecule has 1 fully saturated rings. The lowest BCUT2D eigenvalue weighted by Crippen LogP contribution is -2.18. The number of aromatic hydroxyl groups is 1. The second-order valence-corrected chi connectivity index (χ2v) is 8.90. The molecule has 35 heavy (non-hydrogen) atoms. The van der Waals surface area contributed by atoms with Crippen LogP contribution in [0.5, 0.6) is 17.2 Å². The molecule has 0 unspecified atom stereocenters. The predicted octanol–water partition coefficient (Wildman–Crippen LogP) is 4.36. The van der Waals surface area contributed by atoms with Gasteiger partial charge in [-0.3, -0.25) is 9.36 Å². The van der Waals surface area contributed by atoms with Crippen molar-refractivity contribution in [2.24, 2.45) is 0 Å². The number of carbonyl (C=O) groups excluding carboxylic acids is 1. The molecular formula is C25H30N4O5S. The molecule has 1 aliphatic rings. The summed E-state index contributed by atoms with van der Waals surface area (Å²) in [6, 6.07) is 12.2. The number of ether oxygens (including phenoxy) is 3. The van der Waals surface area contributed by atoms with Gasteiger partial charge in [-0.25, -0.2) is 0 Å². The van der Waals surface area contributed by atoms with Gasteiger partial charge in [0.25, 0.3) is 0 Å². The Balaban J connectivity index is 1.49. The van der Waals surface area contributed by atoms with E-state index in [0.717, 1.165) is 25.0 Å². The highest BCUT2D eigenvalue weighted by molar-refractivity contribution is 7.99. The second-order valence-electron chi connectivity index (χ2n) is 7.96. The van der Waals surface area contributed by atoms with Crippen LogP contribution in [-0.4, -0.2) is 57.5 Å². The number of benzene rings is 2. The van der Waals surface area contributed by atoms with E-state index in [0.29, 0.717) is 47.9 Å². The second kappa shape index (κ2) is 11.9. The summed E-state index contributed by atoms with van der Waals surface area (Å²) < 4.78 is 19.0. The van der Waals surface area contributed by atoms with Crippen LogP contribution < -0.4 is 14.8 Å². The topological polar surface area (TPSA) is 108 Å². The van der Waals surface area contributed by atoms with Gasteiger partial charge in [0.2, 0.25) is 5.91 Å². The minimum atomic E-state index is -0.192. The maximum atomic E-state index is 12.8. The minimum absolute atomic E-state index is 0.0742. The Labute approximate surface area is 208 Å². The van der Waals surface area contributed by atoms with Crippen LogP contribution in [0.25, 0.3) is 11.4 Å². The van der Waals surface area contributed by atoms with E-state index in [1.165, 1.54) is 11.8 Å². The van der Waals surface area contributed by atoms with Gasteiger partial charge in [0, 0.05) is 18.2 Å². The number of nitrogens with one attached hydrogen (secondary N) is 1. The highest BCUT2D eigenvalue weighted by Gasteiger charge is 2.22. The van der Waals surface area contributed by atoms with Crippen molar-refractivity contribution in [3.63, 3.8) is 0 Å². The Morgan fingerprint density at radius 1 is 1.17 bits per heavy atom. The number of amides is 1. The van der Waals surface area contributed by atoms with Crippen molar-refractivity contribution >= 4 is 23.4 Å². The molecule has 186 valence electrons. The molecule has 9 nitrogen and oxygen atoms in total. The van der Waals surface area contributed by atoms with E-state index in [-0.39, 0.29) is 23.5 Å². The number of carbonyl (C=O) groups is 1. The lowest BCUT2D eigenvalue weighted by Gasteiger charge is -2.15. The van der Waals surface area contributed by atoms with Gasteiger partial charge in [0.1, 0.15) is 17.2 Å². The first-order valence-electron chi connectivity index (χ1n) is 11.7. The highest BCUT2D eigenvalue weighted by Crippen LogP contribution is 2.31. The van der Waals surface area contributed by atoms with Gasteiger partial charge in [-0.05, 0) is 63.1 Å². The zero-order valence-electron chi connectivity index (χ0n) is 19.9. The fourth-order valence-electron chi connectivity index (χ4n) is 3.84. The number of rotatable bonds is 11. The summed E-state index contributed by atoms with van der Waals surface area (Å²) in [7, 11) is 0. The summed E-state index contributed by atoms with van der Waals surface area (Å²) in [5.74, 6) is 2.06. The fourth-order valence-corrected chi connectivity index (χ4v) is 4.58. The number of anilines is 1. The van der Waals surface area contributed by atoms with Crippen LogP contribution in [0.1, 0.15) is 26.7 Å². The highest BCUT2D eigenvalue weighted by atomic mass is 32.2.